The molecule has 3 heterocycles. The number of hydrazine groups is 1. The Bertz CT molecular complexity index is 1240. The van der Waals surface area contributed by atoms with E-state index in [1.807, 2.05) is 13.8 Å². The first-order valence-electron chi connectivity index (χ1n) is 14.5. The summed E-state index contributed by atoms with van der Waals surface area (Å²) in [5.74, 6) is -0.662. The fraction of sp³-hybridized carbons (Fsp3) is 0.621. The molecule has 3 aliphatic rings. The zero-order valence-corrected chi connectivity index (χ0v) is 24.2. The Hall–Kier alpha value is -3.05. The molecule has 218 valence electrons. The van der Waals surface area contributed by atoms with Gasteiger partial charge in [0, 0.05) is 30.7 Å². The van der Waals surface area contributed by atoms with Crippen LogP contribution in [0.1, 0.15) is 84.1 Å². The number of hydrogen-bond donors (Lipinski definition) is 4. The molecule has 2 aliphatic heterocycles. The van der Waals surface area contributed by atoms with E-state index in [0.717, 1.165) is 56.8 Å². The number of nitrogens with one attached hydrogen (secondary N) is 4. The van der Waals surface area contributed by atoms with Gasteiger partial charge in [-0.15, -0.1) is 0 Å². The molecule has 0 radical (unpaired) electrons. The van der Waals surface area contributed by atoms with Crippen LogP contribution in [0.4, 0.5) is 36.7 Å². The molecule has 2 aromatic rings. The molecule has 40 heavy (non-hydrogen) atoms. The van der Waals surface area contributed by atoms with Gasteiger partial charge in [0.1, 0.15) is 5.82 Å². The topological polar surface area (TPSA) is 97.5 Å². The van der Waals surface area contributed by atoms with Gasteiger partial charge in [0.25, 0.3) is 0 Å². The van der Waals surface area contributed by atoms with Crippen molar-refractivity contribution in [2.75, 3.05) is 29.2 Å². The summed E-state index contributed by atoms with van der Waals surface area (Å²) in [6.45, 7) is 9.60. The van der Waals surface area contributed by atoms with E-state index in [1.54, 1.807) is 13.1 Å². The third kappa shape index (κ3) is 6.00. The van der Waals surface area contributed by atoms with Crippen LogP contribution in [0.2, 0.25) is 0 Å². The van der Waals surface area contributed by atoms with Gasteiger partial charge in [-0.1, -0.05) is 6.92 Å². The van der Waals surface area contributed by atoms with Gasteiger partial charge in [0.05, 0.1) is 17.6 Å². The Morgan fingerprint density at radius 1 is 1.23 bits per heavy atom. The van der Waals surface area contributed by atoms with E-state index in [-0.39, 0.29) is 47.0 Å². The monoisotopic (exact) mass is 556 g/mol. The van der Waals surface area contributed by atoms with Crippen molar-refractivity contribution in [1.29, 1.82) is 0 Å². The number of rotatable bonds is 9. The van der Waals surface area contributed by atoms with E-state index in [9.17, 15) is 9.18 Å². The third-order valence-electron chi connectivity index (χ3n) is 8.54. The third-order valence-corrected chi connectivity index (χ3v) is 8.54. The van der Waals surface area contributed by atoms with Crippen molar-refractivity contribution in [3.05, 3.63) is 35.5 Å². The van der Waals surface area contributed by atoms with Gasteiger partial charge in [-0.2, -0.15) is 4.98 Å². The van der Waals surface area contributed by atoms with E-state index in [4.69, 9.17) is 0 Å². The molecular weight excluding hydrogens is 514 g/mol. The quantitative estimate of drug-likeness (QED) is 0.297. The first-order chi connectivity index (χ1) is 19.1. The second kappa shape index (κ2) is 11.4. The summed E-state index contributed by atoms with van der Waals surface area (Å²) in [6.07, 6.45) is 7.92. The van der Waals surface area contributed by atoms with Crippen LogP contribution < -0.4 is 26.4 Å². The smallest absolute Gasteiger partial charge is 0.336 e. The van der Waals surface area contributed by atoms with Crippen molar-refractivity contribution in [2.24, 2.45) is 0 Å². The number of carbonyl (C=O) groups excluding carboxylic acids is 1. The zero-order valence-electron chi connectivity index (χ0n) is 24.2. The molecule has 1 aliphatic carbocycles. The van der Waals surface area contributed by atoms with Crippen molar-refractivity contribution >= 4 is 29.2 Å². The van der Waals surface area contributed by atoms with Gasteiger partial charge in [-0.25, -0.2) is 29.0 Å². The van der Waals surface area contributed by atoms with Gasteiger partial charge < -0.3 is 16.0 Å². The molecule has 9 nitrogen and oxygen atoms in total. The molecule has 5 rings (SSSR count). The van der Waals surface area contributed by atoms with E-state index >= 15 is 4.39 Å². The molecule has 4 N–H and O–H groups in total. The minimum Gasteiger partial charge on any atom is -0.365 e. The summed E-state index contributed by atoms with van der Waals surface area (Å²) in [6, 6.07) is 3.30. The second-order valence-electron chi connectivity index (χ2n) is 12.1. The molecule has 1 unspecified atom stereocenters. The summed E-state index contributed by atoms with van der Waals surface area (Å²) >= 11 is 0. The first-order valence-corrected chi connectivity index (χ1v) is 14.5. The average Bonchev–Trinajstić information content (AvgIpc) is 3.65. The maximum absolute atomic E-state index is 15.4. The fourth-order valence-corrected chi connectivity index (χ4v) is 6.21. The Morgan fingerprint density at radius 3 is 2.70 bits per heavy atom. The lowest BCUT2D eigenvalue weighted by Crippen LogP contribution is -2.55. The molecular formula is C29H42F2N8O. The molecule has 1 saturated carbocycles. The lowest BCUT2D eigenvalue weighted by Gasteiger charge is -2.47. The number of nitrogens with zero attached hydrogens (tertiary/aromatic N) is 4. The number of benzene rings is 1. The Balaban J connectivity index is 1.40. The summed E-state index contributed by atoms with van der Waals surface area (Å²) in [5.41, 5.74) is 4.69. The maximum Gasteiger partial charge on any atom is 0.336 e. The van der Waals surface area contributed by atoms with Crippen molar-refractivity contribution in [3.8, 4) is 0 Å². The summed E-state index contributed by atoms with van der Waals surface area (Å²) in [4.78, 5) is 23.9. The highest BCUT2D eigenvalue weighted by Crippen LogP contribution is 2.46. The summed E-state index contributed by atoms with van der Waals surface area (Å²) in [7, 11) is 1.56. The van der Waals surface area contributed by atoms with Crippen LogP contribution in [0.25, 0.3) is 0 Å². The summed E-state index contributed by atoms with van der Waals surface area (Å²) in [5, 5.41) is 10.4. The minimum atomic E-state index is -0.550. The standard InChI is InChI=1S/C29H42F2N8O/c1-6-17(2)37-39(28(40)32-5)25-14-24(22(30)13-21(25)18-9-10-18)35-27-33-16-23(31)26(36-27)34-19-12-20-8-7-11-38(20)29(3,4)15-19/h13-14,16-20,37H,6-12,15H2,1-5H3,(H,32,40)(H2,33,34,35,36)/t17?,19-,20-/m1/s1. The van der Waals surface area contributed by atoms with Crippen LogP contribution in [0.3, 0.4) is 0 Å². The van der Waals surface area contributed by atoms with Crippen molar-refractivity contribution in [1.82, 2.24) is 25.6 Å². The Labute approximate surface area is 235 Å². The number of urea groups is 1. The largest absolute Gasteiger partial charge is 0.365 e. The molecule has 11 heteroatoms. The number of anilines is 4. The number of carbonyl (C=O) groups is 1. The second-order valence-corrected chi connectivity index (χ2v) is 12.1. The predicted octanol–water partition coefficient (Wildman–Crippen LogP) is 5.64. The molecule has 3 fully saturated rings. The van der Waals surface area contributed by atoms with Crippen LogP contribution >= 0.6 is 0 Å². The van der Waals surface area contributed by atoms with Gasteiger partial charge in [0.2, 0.25) is 5.95 Å². The molecule has 1 aromatic carbocycles. The Morgan fingerprint density at radius 2 is 2.00 bits per heavy atom. The number of hydrogen-bond acceptors (Lipinski definition) is 7. The van der Waals surface area contributed by atoms with Crippen molar-refractivity contribution in [3.63, 3.8) is 0 Å². The molecule has 2 saturated heterocycles. The highest BCUT2D eigenvalue weighted by molar-refractivity contribution is 5.93. The number of piperidine rings is 1. The molecule has 3 atom stereocenters. The highest BCUT2D eigenvalue weighted by Gasteiger charge is 2.43. The number of fused-ring (bicyclic) bond motifs is 1. The van der Waals surface area contributed by atoms with Crippen molar-refractivity contribution < 1.29 is 13.6 Å². The number of amides is 2. The molecule has 0 spiro atoms. The van der Waals surface area contributed by atoms with Crippen molar-refractivity contribution in [2.45, 2.75) is 102 Å². The predicted molar refractivity (Wildman–Crippen MR) is 154 cm³/mol. The van der Waals surface area contributed by atoms with E-state index in [0.29, 0.717) is 11.7 Å². The normalized spacial score (nSPS) is 22.9. The molecule has 0 bridgehead atoms. The van der Waals surface area contributed by atoms with Gasteiger partial charge in [0.15, 0.2) is 11.6 Å². The van der Waals surface area contributed by atoms with Crippen LogP contribution in [-0.2, 0) is 0 Å². The van der Waals surface area contributed by atoms with Gasteiger partial charge >= 0.3 is 6.03 Å². The maximum atomic E-state index is 15.4. The van der Waals surface area contributed by atoms with E-state index in [2.05, 4.69) is 50.1 Å². The number of halogens is 2. The molecule has 1 aromatic heterocycles. The van der Waals surface area contributed by atoms with E-state index < -0.39 is 11.6 Å². The number of aromatic nitrogens is 2. The highest BCUT2D eigenvalue weighted by atomic mass is 19.1. The fourth-order valence-electron chi connectivity index (χ4n) is 6.21. The van der Waals surface area contributed by atoms with Gasteiger partial charge in [-0.05, 0) is 95.9 Å². The first kappa shape index (κ1) is 28.5. The van der Waals surface area contributed by atoms with Crippen LogP contribution in [0.15, 0.2) is 18.3 Å². The van der Waals surface area contributed by atoms with E-state index in [1.165, 1.54) is 17.5 Å². The van der Waals surface area contributed by atoms with Crippen LogP contribution in [-0.4, -0.2) is 58.2 Å². The van der Waals surface area contributed by atoms with Crippen LogP contribution in [0.5, 0.6) is 0 Å². The average molecular weight is 557 g/mol. The lowest BCUT2D eigenvalue weighted by molar-refractivity contribution is 0.0500. The minimum absolute atomic E-state index is 0.0148. The SMILES string of the molecule is CCC(C)NN(C(=O)NC)c1cc(Nc2ncc(F)c(N[C@@H]3C[C@H]4CCCN4C(C)(C)C3)n2)c(F)cc1C1CC1. The van der Waals surface area contributed by atoms with Gasteiger partial charge in [-0.3, -0.25) is 4.90 Å². The van der Waals surface area contributed by atoms with Crippen LogP contribution in [0, 0.1) is 11.6 Å². The lowest BCUT2D eigenvalue weighted by atomic mass is 9.84. The molecule has 2 amide bonds. The zero-order chi connectivity index (χ0) is 28.6. The Kier molecular flexibility index (Phi) is 8.15. The summed E-state index contributed by atoms with van der Waals surface area (Å²) < 4.78 is 30.2.